The van der Waals surface area contributed by atoms with E-state index in [1.165, 1.54) is 6.07 Å². The second kappa shape index (κ2) is 4.28. The molecule has 0 saturated carbocycles. The molecule has 78 valence electrons. The Balaban J connectivity index is 2.40. The van der Waals surface area contributed by atoms with Gasteiger partial charge >= 0.3 is 0 Å². The van der Waals surface area contributed by atoms with Gasteiger partial charge in [0, 0.05) is 5.56 Å². The lowest BCUT2D eigenvalue weighted by atomic mass is 10.2. The monoisotopic (exact) mass is 290 g/mol. The molecule has 0 aliphatic heterocycles. The average Bonchev–Trinajstić information content (AvgIpc) is 2.70. The second-order valence-electron chi connectivity index (χ2n) is 2.77. The SMILES string of the molecule is Fc1ccc(-c2noc(CCl)n2)cc1Br. The summed E-state index contributed by atoms with van der Waals surface area (Å²) in [5, 5.41) is 3.71. The fraction of sp³-hybridized carbons (Fsp3) is 0.111. The maximum Gasteiger partial charge on any atom is 0.241 e. The van der Waals surface area contributed by atoms with Crippen molar-refractivity contribution in [1.29, 1.82) is 0 Å². The summed E-state index contributed by atoms with van der Waals surface area (Å²) in [5.74, 6) is 0.563. The van der Waals surface area contributed by atoms with Crippen LogP contribution < -0.4 is 0 Å². The Hall–Kier alpha value is -0.940. The van der Waals surface area contributed by atoms with E-state index in [2.05, 4.69) is 26.1 Å². The quantitative estimate of drug-likeness (QED) is 0.796. The number of nitrogens with zero attached hydrogens (tertiary/aromatic N) is 2. The van der Waals surface area contributed by atoms with Crippen LogP contribution in [0.1, 0.15) is 5.89 Å². The van der Waals surface area contributed by atoms with Crippen molar-refractivity contribution in [3.8, 4) is 11.4 Å². The molecule has 0 radical (unpaired) electrons. The molecule has 0 aliphatic rings. The van der Waals surface area contributed by atoms with Crippen LogP contribution in [-0.2, 0) is 5.88 Å². The zero-order valence-corrected chi connectivity index (χ0v) is 9.72. The molecule has 1 aromatic heterocycles. The summed E-state index contributed by atoms with van der Waals surface area (Å²) in [6.07, 6.45) is 0. The van der Waals surface area contributed by atoms with Crippen LogP contribution >= 0.6 is 27.5 Å². The second-order valence-corrected chi connectivity index (χ2v) is 3.90. The Kier molecular flexibility index (Phi) is 3.02. The lowest BCUT2D eigenvalue weighted by Crippen LogP contribution is -1.84. The predicted octanol–water partition coefficient (Wildman–Crippen LogP) is 3.38. The van der Waals surface area contributed by atoms with Crippen molar-refractivity contribution in [2.75, 3.05) is 0 Å². The number of halogens is 3. The smallest absolute Gasteiger partial charge is 0.241 e. The van der Waals surface area contributed by atoms with Crippen molar-refractivity contribution in [2.45, 2.75) is 5.88 Å². The van der Waals surface area contributed by atoms with E-state index in [9.17, 15) is 4.39 Å². The molecule has 0 unspecified atom stereocenters. The number of hydrogen-bond donors (Lipinski definition) is 0. The minimum atomic E-state index is -0.334. The summed E-state index contributed by atoms with van der Waals surface area (Å²) in [7, 11) is 0. The molecule has 2 rings (SSSR count). The van der Waals surface area contributed by atoms with Gasteiger partial charge in [0.2, 0.25) is 11.7 Å². The van der Waals surface area contributed by atoms with Gasteiger partial charge in [-0.1, -0.05) is 5.16 Å². The molecule has 1 aromatic carbocycles. The van der Waals surface area contributed by atoms with Crippen molar-refractivity contribution in [1.82, 2.24) is 10.1 Å². The van der Waals surface area contributed by atoms with Gasteiger partial charge < -0.3 is 4.52 Å². The zero-order chi connectivity index (χ0) is 10.8. The van der Waals surface area contributed by atoms with Gasteiger partial charge in [-0.2, -0.15) is 4.98 Å². The third kappa shape index (κ3) is 2.18. The van der Waals surface area contributed by atoms with Crippen LogP contribution in [0.4, 0.5) is 4.39 Å². The summed E-state index contributed by atoms with van der Waals surface area (Å²) >= 11 is 8.60. The first-order valence-electron chi connectivity index (χ1n) is 4.04. The Bertz CT molecular complexity index is 489. The van der Waals surface area contributed by atoms with E-state index >= 15 is 0 Å². The largest absolute Gasteiger partial charge is 0.338 e. The van der Waals surface area contributed by atoms with Gasteiger partial charge in [0.1, 0.15) is 11.7 Å². The highest BCUT2D eigenvalue weighted by Crippen LogP contribution is 2.23. The van der Waals surface area contributed by atoms with Crippen LogP contribution in [0.25, 0.3) is 11.4 Å². The highest BCUT2D eigenvalue weighted by Gasteiger charge is 2.09. The predicted molar refractivity (Wildman–Crippen MR) is 56.9 cm³/mol. The lowest BCUT2D eigenvalue weighted by molar-refractivity contribution is 0.391. The molecule has 1 heterocycles. The van der Waals surface area contributed by atoms with E-state index < -0.39 is 0 Å². The Morgan fingerprint density at radius 3 is 2.87 bits per heavy atom. The minimum Gasteiger partial charge on any atom is -0.338 e. The summed E-state index contributed by atoms with van der Waals surface area (Å²) in [5.41, 5.74) is 0.670. The molecule has 0 bridgehead atoms. The van der Waals surface area contributed by atoms with E-state index in [-0.39, 0.29) is 11.7 Å². The number of hydrogen-bond acceptors (Lipinski definition) is 3. The van der Waals surface area contributed by atoms with Gasteiger partial charge in [-0.3, -0.25) is 0 Å². The molecular weight excluding hydrogens is 286 g/mol. The fourth-order valence-electron chi connectivity index (χ4n) is 1.06. The van der Waals surface area contributed by atoms with E-state index in [1.54, 1.807) is 12.1 Å². The molecule has 15 heavy (non-hydrogen) atoms. The van der Waals surface area contributed by atoms with Crippen molar-refractivity contribution in [3.63, 3.8) is 0 Å². The Morgan fingerprint density at radius 1 is 1.47 bits per heavy atom. The van der Waals surface area contributed by atoms with E-state index in [0.717, 1.165) is 0 Å². The zero-order valence-electron chi connectivity index (χ0n) is 7.38. The number of alkyl halides is 1. The maximum absolute atomic E-state index is 13.0. The molecule has 0 spiro atoms. The van der Waals surface area contributed by atoms with E-state index in [4.69, 9.17) is 16.1 Å². The summed E-state index contributed by atoms with van der Waals surface area (Å²) in [6.45, 7) is 0. The van der Waals surface area contributed by atoms with Gasteiger partial charge in [0.25, 0.3) is 0 Å². The summed E-state index contributed by atoms with van der Waals surface area (Å²) in [4.78, 5) is 4.02. The van der Waals surface area contributed by atoms with Crippen LogP contribution in [0.3, 0.4) is 0 Å². The van der Waals surface area contributed by atoms with Gasteiger partial charge in [0.05, 0.1) is 4.47 Å². The van der Waals surface area contributed by atoms with Gasteiger partial charge in [-0.15, -0.1) is 11.6 Å². The van der Waals surface area contributed by atoms with Crippen molar-refractivity contribution < 1.29 is 8.91 Å². The average molecular weight is 292 g/mol. The minimum absolute atomic E-state index is 0.162. The third-order valence-corrected chi connectivity index (χ3v) is 2.60. The van der Waals surface area contributed by atoms with Crippen molar-refractivity contribution >= 4 is 27.5 Å². The van der Waals surface area contributed by atoms with Crippen LogP contribution in [0.15, 0.2) is 27.2 Å². The molecule has 0 atom stereocenters. The molecule has 3 nitrogen and oxygen atoms in total. The summed E-state index contributed by atoms with van der Waals surface area (Å²) in [6, 6.07) is 4.48. The number of aromatic nitrogens is 2. The maximum atomic E-state index is 13.0. The van der Waals surface area contributed by atoms with Gasteiger partial charge in [-0.05, 0) is 34.1 Å². The first kappa shape index (κ1) is 10.6. The number of rotatable bonds is 2. The van der Waals surface area contributed by atoms with Crippen LogP contribution in [0, 0.1) is 5.82 Å². The third-order valence-electron chi connectivity index (χ3n) is 1.76. The lowest BCUT2D eigenvalue weighted by Gasteiger charge is -1.96. The topological polar surface area (TPSA) is 38.9 Å². The normalized spacial score (nSPS) is 10.6. The van der Waals surface area contributed by atoms with Gasteiger partial charge in [-0.25, -0.2) is 4.39 Å². The molecule has 0 aliphatic carbocycles. The Labute approximate surface area is 98.4 Å². The molecular formula is C9H5BrClFN2O. The fourth-order valence-corrected chi connectivity index (χ4v) is 1.55. The van der Waals surface area contributed by atoms with Crippen LogP contribution in [0.5, 0.6) is 0 Å². The van der Waals surface area contributed by atoms with Crippen molar-refractivity contribution in [2.24, 2.45) is 0 Å². The molecule has 2 aromatic rings. The highest BCUT2D eigenvalue weighted by molar-refractivity contribution is 9.10. The molecule has 0 amide bonds. The van der Waals surface area contributed by atoms with Crippen LogP contribution in [-0.4, -0.2) is 10.1 Å². The summed E-state index contributed by atoms with van der Waals surface area (Å²) < 4.78 is 18.1. The van der Waals surface area contributed by atoms with Crippen molar-refractivity contribution in [3.05, 3.63) is 34.4 Å². The molecule has 0 saturated heterocycles. The first-order chi connectivity index (χ1) is 7.20. The first-order valence-corrected chi connectivity index (χ1v) is 5.37. The van der Waals surface area contributed by atoms with E-state index in [1.807, 2.05) is 0 Å². The Morgan fingerprint density at radius 2 is 2.27 bits per heavy atom. The molecule has 6 heteroatoms. The molecule has 0 N–H and O–H groups in total. The number of benzene rings is 1. The van der Waals surface area contributed by atoms with Crippen LogP contribution in [0.2, 0.25) is 0 Å². The van der Waals surface area contributed by atoms with Gasteiger partial charge in [0.15, 0.2) is 0 Å². The van der Waals surface area contributed by atoms with E-state index in [0.29, 0.717) is 21.8 Å². The highest BCUT2D eigenvalue weighted by atomic mass is 79.9. The standard InChI is InChI=1S/C9H5BrClFN2O/c10-6-3-5(1-2-7(6)12)9-13-8(4-11)15-14-9/h1-3H,4H2. The molecule has 0 fully saturated rings.